The van der Waals surface area contributed by atoms with Crippen LogP contribution in [0.3, 0.4) is 0 Å². The summed E-state index contributed by atoms with van der Waals surface area (Å²) in [5, 5.41) is 1.78. The van der Waals surface area contributed by atoms with Gasteiger partial charge in [0.25, 0.3) is 0 Å². The van der Waals surface area contributed by atoms with Crippen LogP contribution in [-0.4, -0.2) is 35.3 Å². The van der Waals surface area contributed by atoms with Crippen molar-refractivity contribution in [3.8, 4) is 0 Å². The monoisotopic (exact) mass is 400 g/mol. The van der Waals surface area contributed by atoms with Gasteiger partial charge >= 0.3 is 11.9 Å². The number of rotatable bonds is 11. The van der Waals surface area contributed by atoms with E-state index in [-0.39, 0.29) is 24.6 Å². The Morgan fingerprint density at radius 3 is 2.00 bits per heavy atom. The lowest BCUT2D eigenvalue weighted by atomic mass is 10.2. The molecule has 0 bridgehead atoms. The molecule has 0 rings (SSSR count). The third-order valence-corrected chi connectivity index (χ3v) is 3.46. The van der Waals surface area contributed by atoms with E-state index in [0.29, 0.717) is 12.8 Å². The first-order chi connectivity index (χ1) is 9.10. The molecular formula is C13H22Br2O4. The molecule has 0 heterocycles. The lowest BCUT2D eigenvalue weighted by Gasteiger charge is -2.13. The molecule has 0 aliphatic heterocycles. The van der Waals surface area contributed by atoms with E-state index in [2.05, 4.69) is 31.9 Å². The van der Waals surface area contributed by atoms with Crippen molar-refractivity contribution in [3.05, 3.63) is 0 Å². The number of carbonyl (C=O) groups excluding carboxylic acids is 2. The van der Waals surface area contributed by atoms with Gasteiger partial charge in [0, 0.05) is 23.5 Å². The molecule has 0 aromatic heterocycles. The summed E-state index contributed by atoms with van der Waals surface area (Å²) in [6.07, 6.45) is 3.97. The molecule has 0 saturated carbocycles. The van der Waals surface area contributed by atoms with Gasteiger partial charge in [-0.05, 0) is 32.6 Å². The van der Waals surface area contributed by atoms with E-state index in [0.717, 1.165) is 36.3 Å². The Labute approximate surface area is 131 Å². The summed E-state index contributed by atoms with van der Waals surface area (Å²) < 4.78 is 10.2. The molecule has 0 aromatic carbocycles. The molecule has 0 aliphatic carbocycles. The van der Waals surface area contributed by atoms with Gasteiger partial charge < -0.3 is 9.47 Å². The number of ether oxygens (including phenoxy) is 2. The zero-order valence-corrected chi connectivity index (χ0v) is 14.5. The fourth-order valence-electron chi connectivity index (χ4n) is 1.33. The molecule has 6 heteroatoms. The molecule has 0 fully saturated rings. The molecule has 0 spiro atoms. The molecule has 19 heavy (non-hydrogen) atoms. The van der Waals surface area contributed by atoms with Crippen molar-refractivity contribution in [2.75, 3.05) is 17.3 Å². The Morgan fingerprint density at radius 1 is 0.947 bits per heavy atom. The maximum Gasteiger partial charge on any atom is 0.306 e. The first-order valence-electron chi connectivity index (χ1n) is 6.57. The maximum atomic E-state index is 11.4. The molecule has 0 radical (unpaired) electrons. The smallest absolute Gasteiger partial charge is 0.306 e. The van der Waals surface area contributed by atoms with E-state index in [1.807, 2.05) is 0 Å². The molecule has 1 atom stereocenters. The van der Waals surface area contributed by atoms with E-state index in [9.17, 15) is 9.59 Å². The highest BCUT2D eigenvalue weighted by atomic mass is 79.9. The highest BCUT2D eigenvalue weighted by Gasteiger charge is 2.11. The Kier molecular flexibility index (Phi) is 12.8. The van der Waals surface area contributed by atoms with E-state index in [4.69, 9.17) is 9.47 Å². The van der Waals surface area contributed by atoms with Crippen molar-refractivity contribution < 1.29 is 19.1 Å². The van der Waals surface area contributed by atoms with Crippen molar-refractivity contribution in [1.29, 1.82) is 0 Å². The number of hydrogen-bond acceptors (Lipinski definition) is 4. The quantitative estimate of drug-likeness (QED) is 0.301. The van der Waals surface area contributed by atoms with Crippen LogP contribution in [0.2, 0.25) is 0 Å². The van der Waals surface area contributed by atoms with Gasteiger partial charge in [-0.1, -0.05) is 31.9 Å². The summed E-state index contributed by atoms with van der Waals surface area (Å²) in [5.74, 6) is -0.466. The molecule has 112 valence electrons. The van der Waals surface area contributed by atoms with E-state index in [1.54, 1.807) is 6.92 Å². The standard InChI is InChI=1S/C13H22Br2O4/c1-11(19-13(17)7-3-5-9-15)10-18-12(16)6-2-4-8-14/h11H,2-10H2,1H3. The minimum Gasteiger partial charge on any atom is -0.462 e. The number of unbranched alkanes of at least 4 members (excludes halogenated alkanes) is 2. The average molecular weight is 402 g/mol. The SMILES string of the molecule is CC(COC(=O)CCCCBr)OC(=O)CCCCBr. The van der Waals surface area contributed by atoms with Crippen LogP contribution >= 0.6 is 31.9 Å². The summed E-state index contributed by atoms with van der Waals surface area (Å²) in [6, 6.07) is 0. The van der Waals surface area contributed by atoms with Crippen LogP contribution in [0.4, 0.5) is 0 Å². The van der Waals surface area contributed by atoms with E-state index in [1.165, 1.54) is 0 Å². The normalized spacial score (nSPS) is 11.9. The lowest BCUT2D eigenvalue weighted by molar-refractivity contribution is -0.158. The number of hydrogen-bond donors (Lipinski definition) is 0. The van der Waals surface area contributed by atoms with E-state index < -0.39 is 0 Å². The zero-order chi connectivity index (χ0) is 14.5. The van der Waals surface area contributed by atoms with Crippen molar-refractivity contribution in [2.24, 2.45) is 0 Å². The predicted molar refractivity (Wildman–Crippen MR) is 81.8 cm³/mol. The van der Waals surface area contributed by atoms with Gasteiger partial charge in [0.2, 0.25) is 0 Å². The summed E-state index contributed by atoms with van der Waals surface area (Å²) in [6.45, 7) is 1.87. The Hall–Kier alpha value is -0.100. The van der Waals surface area contributed by atoms with Crippen LogP contribution in [-0.2, 0) is 19.1 Å². The van der Waals surface area contributed by atoms with Gasteiger partial charge in [-0.3, -0.25) is 9.59 Å². The summed E-state index contributed by atoms with van der Waals surface area (Å²) >= 11 is 6.61. The maximum absolute atomic E-state index is 11.4. The van der Waals surface area contributed by atoms with Gasteiger partial charge in [-0.15, -0.1) is 0 Å². The Bertz CT molecular complexity index is 259. The van der Waals surface area contributed by atoms with Gasteiger partial charge in [0.05, 0.1) is 0 Å². The summed E-state index contributed by atoms with van der Waals surface area (Å²) in [4.78, 5) is 22.7. The predicted octanol–water partition coefficient (Wildman–Crippen LogP) is 3.59. The van der Waals surface area contributed by atoms with Crippen molar-refractivity contribution >= 4 is 43.8 Å². The zero-order valence-electron chi connectivity index (χ0n) is 11.3. The second-order valence-electron chi connectivity index (χ2n) is 4.28. The largest absolute Gasteiger partial charge is 0.462 e. The van der Waals surface area contributed by atoms with E-state index >= 15 is 0 Å². The lowest BCUT2D eigenvalue weighted by Crippen LogP contribution is -2.22. The molecule has 0 aromatic rings. The minimum atomic E-state index is -0.378. The van der Waals surface area contributed by atoms with Gasteiger partial charge in [0.1, 0.15) is 12.7 Å². The van der Waals surface area contributed by atoms with Crippen LogP contribution in [0.15, 0.2) is 0 Å². The van der Waals surface area contributed by atoms with Crippen LogP contribution in [0.1, 0.15) is 45.4 Å². The number of esters is 2. The first kappa shape index (κ1) is 18.9. The molecule has 1 unspecified atom stereocenters. The summed E-state index contributed by atoms with van der Waals surface area (Å²) in [7, 11) is 0. The number of alkyl halides is 2. The van der Waals surface area contributed by atoms with Crippen molar-refractivity contribution in [1.82, 2.24) is 0 Å². The minimum absolute atomic E-state index is 0.136. The average Bonchev–Trinajstić information content (AvgIpc) is 2.37. The Balaban J connectivity index is 3.59. The fraction of sp³-hybridized carbons (Fsp3) is 0.846. The third-order valence-electron chi connectivity index (χ3n) is 2.34. The van der Waals surface area contributed by atoms with Crippen LogP contribution in [0.5, 0.6) is 0 Å². The van der Waals surface area contributed by atoms with Gasteiger partial charge in [-0.2, -0.15) is 0 Å². The highest BCUT2D eigenvalue weighted by molar-refractivity contribution is 9.09. The van der Waals surface area contributed by atoms with Crippen molar-refractivity contribution in [3.63, 3.8) is 0 Å². The van der Waals surface area contributed by atoms with Crippen LogP contribution in [0, 0.1) is 0 Å². The number of carbonyl (C=O) groups is 2. The number of halogens is 2. The van der Waals surface area contributed by atoms with Gasteiger partial charge in [0.15, 0.2) is 0 Å². The molecule has 0 amide bonds. The molecule has 4 nitrogen and oxygen atoms in total. The molecular weight excluding hydrogens is 380 g/mol. The fourth-order valence-corrected chi connectivity index (χ4v) is 2.12. The third kappa shape index (κ3) is 12.7. The van der Waals surface area contributed by atoms with Crippen LogP contribution < -0.4 is 0 Å². The van der Waals surface area contributed by atoms with Crippen LogP contribution in [0.25, 0.3) is 0 Å². The highest BCUT2D eigenvalue weighted by Crippen LogP contribution is 2.04. The van der Waals surface area contributed by atoms with Crippen molar-refractivity contribution in [2.45, 2.75) is 51.6 Å². The second-order valence-corrected chi connectivity index (χ2v) is 5.86. The summed E-state index contributed by atoms with van der Waals surface area (Å²) in [5.41, 5.74) is 0. The van der Waals surface area contributed by atoms with Gasteiger partial charge in [-0.25, -0.2) is 0 Å². The molecule has 0 saturated heterocycles. The molecule has 0 aliphatic rings. The first-order valence-corrected chi connectivity index (χ1v) is 8.81. The Morgan fingerprint density at radius 2 is 1.47 bits per heavy atom. The second kappa shape index (κ2) is 12.9. The topological polar surface area (TPSA) is 52.6 Å². The molecule has 0 N–H and O–H groups in total.